The third-order valence-electron chi connectivity index (χ3n) is 5.77. The minimum absolute atomic E-state index is 0.248. The van der Waals surface area contributed by atoms with Gasteiger partial charge in [-0.1, -0.05) is 49.6 Å². The molecule has 1 N–H and O–H groups in total. The highest BCUT2D eigenvalue weighted by molar-refractivity contribution is 5.69. The van der Waals surface area contributed by atoms with Crippen LogP contribution in [0.1, 0.15) is 49.9 Å². The van der Waals surface area contributed by atoms with Crippen molar-refractivity contribution in [2.45, 2.75) is 58.0 Å². The van der Waals surface area contributed by atoms with Crippen LogP contribution < -0.4 is 11.2 Å². The summed E-state index contributed by atoms with van der Waals surface area (Å²) in [6, 6.07) is 9.59. The van der Waals surface area contributed by atoms with Crippen LogP contribution in [0, 0.1) is 18.3 Å². The van der Waals surface area contributed by atoms with Gasteiger partial charge in [-0.25, -0.2) is 9.78 Å². The van der Waals surface area contributed by atoms with Gasteiger partial charge in [0.25, 0.3) is 5.56 Å². The molecule has 0 amide bonds. The van der Waals surface area contributed by atoms with E-state index in [4.69, 9.17) is 6.42 Å². The molecule has 2 heterocycles. The van der Waals surface area contributed by atoms with Crippen LogP contribution in [-0.2, 0) is 19.5 Å². The Hall–Kier alpha value is -3.07. The molecule has 2 aromatic heterocycles. The third kappa shape index (κ3) is 4.04. The molecular formula is C23H26N4O2. The lowest BCUT2D eigenvalue weighted by atomic mass is 9.89. The first-order valence-electron chi connectivity index (χ1n) is 10.4. The number of fused-ring (bicyclic) bond motifs is 1. The molecule has 3 aromatic rings. The summed E-state index contributed by atoms with van der Waals surface area (Å²) in [5.74, 6) is 3.70. The van der Waals surface area contributed by atoms with E-state index in [0.29, 0.717) is 42.3 Å². The van der Waals surface area contributed by atoms with E-state index in [0.717, 1.165) is 18.4 Å². The summed E-state index contributed by atoms with van der Waals surface area (Å²) >= 11 is 0. The monoisotopic (exact) mass is 390 g/mol. The number of nitrogens with one attached hydrogen (secondary N) is 1. The van der Waals surface area contributed by atoms with Crippen molar-refractivity contribution in [2.24, 2.45) is 5.92 Å². The van der Waals surface area contributed by atoms with Crippen molar-refractivity contribution in [3.63, 3.8) is 0 Å². The maximum absolute atomic E-state index is 13.3. The van der Waals surface area contributed by atoms with E-state index < -0.39 is 0 Å². The molecule has 0 radical (unpaired) electrons. The quantitative estimate of drug-likeness (QED) is 0.658. The Morgan fingerprint density at radius 2 is 1.86 bits per heavy atom. The molecule has 29 heavy (non-hydrogen) atoms. The number of benzene rings is 1. The minimum Gasteiger partial charge on any atom is -0.336 e. The molecule has 0 spiro atoms. The number of aryl methyl sites for hydroxylation is 1. The van der Waals surface area contributed by atoms with Crippen molar-refractivity contribution in [3.8, 4) is 12.3 Å². The fraction of sp³-hybridized carbons (Fsp3) is 0.435. The second-order valence-electron chi connectivity index (χ2n) is 7.86. The first-order valence-corrected chi connectivity index (χ1v) is 10.4. The summed E-state index contributed by atoms with van der Waals surface area (Å²) in [5, 5.41) is 0. The van der Waals surface area contributed by atoms with Gasteiger partial charge in [0, 0.05) is 19.4 Å². The van der Waals surface area contributed by atoms with E-state index in [9.17, 15) is 9.59 Å². The average molecular weight is 390 g/mol. The van der Waals surface area contributed by atoms with E-state index in [1.54, 1.807) is 4.57 Å². The van der Waals surface area contributed by atoms with Crippen LogP contribution in [0.25, 0.3) is 11.2 Å². The van der Waals surface area contributed by atoms with Crippen LogP contribution >= 0.6 is 0 Å². The average Bonchev–Trinajstić information content (AvgIpc) is 3.18. The van der Waals surface area contributed by atoms with Crippen molar-refractivity contribution in [1.82, 2.24) is 19.1 Å². The van der Waals surface area contributed by atoms with Gasteiger partial charge in [-0.05, 0) is 24.3 Å². The number of terminal acetylenes is 1. The molecule has 1 aromatic carbocycles. The smallest absolute Gasteiger partial charge is 0.333 e. The molecule has 0 bridgehead atoms. The van der Waals surface area contributed by atoms with Crippen LogP contribution in [-0.4, -0.2) is 19.1 Å². The van der Waals surface area contributed by atoms with Crippen LogP contribution in [0.15, 0.2) is 39.9 Å². The summed E-state index contributed by atoms with van der Waals surface area (Å²) in [6.45, 7) is 0.849. The zero-order valence-electron chi connectivity index (χ0n) is 16.6. The fourth-order valence-corrected chi connectivity index (χ4v) is 4.22. The first kappa shape index (κ1) is 19.3. The van der Waals surface area contributed by atoms with Crippen LogP contribution in [0.2, 0.25) is 0 Å². The summed E-state index contributed by atoms with van der Waals surface area (Å²) < 4.78 is 3.02. The number of hydrogen-bond acceptors (Lipinski definition) is 3. The molecule has 0 aliphatic heterocycles. The highest BCUT2D eigenvalue weighted by Gasteiger charge is 2.21. The number of nitrogens with zero attached hydrogens (tertiary/aromatic N) is 3. The predicted octanol–water partition coefficient (Wildman–Crippen LogP) is 3.08. The van der Waals surface area contributed by atoms with Gasteiger partial charge in [-0.3, -0.25) is 13.9 Å². The number of imidazole rings is 1. The maximum Gasteiger partial charge on any atom is 0.333 e. The normalized spacial score (nSPS) is 14.9. The van der Waals surface area contributed by atoms with Gasteiger partial charge in [0.15, 0.2) is 5.65 Å². The Morgan fingerprint density at radius 3 is 2.59 bits per heavy atom. The molecular weight excluding hydrogens is 364 g/mol. The SMILES string of the molecule is C#CCCc1nc2c([nH]1)c(=O)n(Cc1ccccc1)c(=O)n2CC1CCCCC1. The molecule has 1 aliphatic rings. The summed E-state index contributed by atoms with van der Waals surface area (Å²) in [7, 11) is 0. The number of rotatable bonds is 6. The van der Waals surface area contributed by atoms with Gasteiger partial charge in [-0.2, -0.15) is 0 Å². The maximum atomic E-state index is 13.3. The molecule has 150 valence electrons. The van der Waals surface area contributed by atoms with Crippen molar-refractivity contribution in [1.29, 1.82) is 0 Å². The minimum atomic E-state index is -0.326. The Morgan fingerprint density at radius 1 is 1.10 bits per heavy atom. The largest absolute Gasteiger partial charge is 0.336 e. The topological polar surface area (TPSA) is 72.7 Å². The summed E-state index contributed by atoms with van der Waals surface area (Å²) in [6.07, 6.45) is 12.3. The van der Waals surface area contributed by atoms with Gasteiger partial charge in [0.1, 0.15) is 11.3 Å². The lowest BCUT2D eigenvalue weighted by molar-refractivity contribution is 0.315. The predicted molar refractivity (Wildman–Crippen MR) is 114 cm³/mol. The van der Waals surface area contributed by atoms with E-state index in [2.05, 4.69) is 15.9 Å². The van der Waals surface area contributed by atoms with Gasteiger partial charge < -0.3 is 4.98 Å². The second kappa shape index (κ2) is 8.52. The van der Waals surface area contributed by atoms with Crippen LogP contribution in [0.3, 0.4) is 0 Å². The van der Waals surface area contributed by atoms with Crippen molar-refractivity contribution in [3.05, 3.63) is 62.6 Å². The van der Waals surface area contributed by atoms with E-state index >= 15 is 0 Å². The number of aromatic amines is 1. The lowest BCUT2D eigenvalue weighted by Gasteiger charge is -2.22. The highest BCUT2D eigenvalue weighted by Crippen LogP contribution is 2.25. The Bertz CT molecular complexity index is 1140. The first-order chi connectivity index (χ1) is 14.2. The zero-order valence-corrected chi connectivity index (χ0v) is 16.6. The third-order valence-corrected chi connectivity index (χ3v) is 5.77. The number of aromatic nitrogens is 4. The van der Waals surface area contributed by atoms with Crippen molar-refractivity contribution < 1.29 is 0 Å². The number of hydrogen-bond donors (Lipinski definition) is 1. The second-order valence-corrected chi connectivity index (χ2v) is 7.86. The lowest BCUT2D eigenvalue weighted by Crippen LogP contribution is -2.41. The van der Waals surface area contributed by atoms with Gasteiger partial charge >= 0.3 is 5.69 Å². The summed E-state index contributed by atoms with van der Waals surface area (Å²) in [4.78, 5) is 34.2. The number of H-pyrrole nitrogens is 1. The summed E-state index contributed by atoms with van der Waals surface area (Å²) in [5.41, 5.74) is 1.16. The van der Waals surface area contributed by atoms with Gasteiger partial charge in [0.2, 0.25) is 0 Å². The molecule has 4 rings (SSSR count). The molecule has 1 saturated carbocycles. The molecule has 0 unspecified atom stereocenters. The highest BCUT2D eigenvalue weighted by atomic mass is 16.2. The Labute approximate surface area is 169 Å². The van der Waals surface area contributed by atoms with Crippen molar-refractivity contribution >= 4 is 11.2 Å². The molecule has 1 aliphatic carbocycles. The zero-order chi connectivity index (χ0) is 20.2. The van der Waals surface area contributed by atoms with Crippen LogP contribution in [0.4, 0.5) is 0 Å². The van der Waals surface area contributed by atoms with Crippen molar-refractivity contribution in [2.75, 3.05) is 0 Å². The molecule has 6 nitrogen and oxygen atoms in total. The molecule has 6 heteroatoms. The van der Waals surface area contributed by atoms with E-state index in [1.807, 2.05) is 30.3 Å². The fourth-order valence-electron chi connectivity index (χ4n) is 4.22. The Kier molecular flexibility index (Phi) is 5.66. The molecule has 0 atom stereocenters. The molecule has 1 fully saturated rings. The van der Waals surface area contributed by atoms with Gasteiger partial charge in [0.05, 0.1) is 6.54 Å². The molecule has 0 saturated heterocycles. The standard InChI is InChI=1S/C23H26N4O2/c1-2-3-14-19-24-20-21(25-19)26(15-17-10-6-4-7-11-17)23(29)27(22(20)28)16-18-12-8-5-9-13-18/h1,5,8-9,12-13,17H,3-4,6-7,10-11,14-16H2,(H,24,25). The van der Waals surface area contributed by atoms with E-state index in [-0.39, 0.29) is 17.8 Å². The van der Waals surface area contributed by atoms with Gasteiger partial charge in [-0.15, -0.1) is 12.3 Å². The van der Waals surface area contributed by atoms with Crippen LogP contribution in [0.5, 0.6) is 0 Å². The van der Waals surface area contributed by atoms with E-state index in [1.165, 1.54) is 23.8 Å². The Balaban J connectivity index is 1.82.